The summed E-state index contributed by atoms with van der Waals surface area (Å²) in [5.74, 6) is 0.0707. The molecule has 0 aromatic heterocycles. The first-order valence-electron chi connectivity index (χ1n) is 7.91. The van der Waals surface area contributed by atoms with Crippen LogP contribution in [0.25, 0.3) is 0 Å². The Balaban J connectivity index is 1.62. The van der Waals surface area contributed by atoms with Crippen LogP contribution in [0.5, 0.6) is 11.5 Å². The van der Waals surface area contributed by atoms with Crippen LogP contribution in [0.4, 0.5) is 0 Å². The number of hydrogen-bond acceptors (Lipinski definition) is 4. The summed E-state index contributed by atoms with van der Waals surface area (Å²) < 4.78 is 10.6. The molecule has 2 unspecified atom stereocenters. The number of hydrogen-bond donors (Lipinski definition) is 1. The monoisotopic (exact) mass is 319 g/mol. The SMILES string of the molecule is CN(Cc1ccc2c(c1)OCO2)C(=O)C1CCCC(C(=O)O)C1. The fourth-order valence-corrected chi connectivity index (χ4v) is 3.34. The van der Waals surface area contributed by atoms with Crippen molar-refractivity contribution in [1.29, 1.82) is 0 Å². The highest BCUT2D eigenvalue weighted by atomic mass is 16.7. The molecule has 1 aromatic carbocycles. The van der Waals surface area contributed by atoms with E-state index in [1.54, 1.807) is 11.9 Å². The zero-order chi connectivity index (χ0) is 16.4. The lowest BCUT2D eigenvalue weighted by Gasteiger charge is -2.29. The molecule has 1 saturated carbocycles. The van der Waals surface area contributed by atoms with Gasteiger partial charge in [0.05, 0.1) is 5.92 Å². The maximum absolute atomic E-state index is 12.6. The average molecular weight is 319 g/mol. The molecule has 6 heteroatoms. The van der Waals surface area contributed by atoms with Gasteiger partial charge in [-0.15, -0.1) is 0 Å². The van der Waals surface area contributed by atoms with E-state index in [1.165, 1.54) is 0 Å². The second kappa shape index (κ2) is 6.48. The number of rotatable bonds is 4. The minimum atomic E-state index is -0.791. The molecule has 2 atom stereocenters. The van der Waals surface area contributed by atoms with E-state index in [-0.39, 0.29) is 18.6 Å². The van der Waals surface area contributed by atoms with Crippen molar-refractivity contribution in [2.75, 3.05) is 13.8 Å². The van der Waals surface area contributed by atoms with Gasteiger partial charge in [0.15, 0.2) is 11.5 Å². The molecule has 0 saturated heterocycles. The zero-order valence-corrected chi connectivity index (χ0v) is 13.2. The summed E-state index contributed by atoms with van der Waals surface area (Å²) in [5, 5.41) is 9.15. The summed E-state index contributed by atoms with van der Waals surface area (Å²) in [6.45, 7) is 0.704. The Morgan fingerprint density at radius 2 is 1.96 bits per heavy atom. The van der Waals surface area contributed by atoms with Crippen LogP contribution in [0.1, 0.15) is 31.2 Å². The van der Waals surface area contributed by atoms with Crippen LogP contribution in [0, 0.1) is 11.8 Å². The van der Waals surface area contributed by atoms with Crippen molar-refractivity contribution in [2.24, 2.45) is 11.8 Å². The van der Waals surface area contributed by atoms with Gasteiger partial charge in [0.2, 0.25) is 12.7 Å². The maximum Gasteiger partial charge on any atom is 0.306 e. The molecule has 6 nitrogen and oxygen atoms in total. The Morgan fingerprint density at radius 1 is 1.22 bits per heavy atom. The van der Waals surface area contributed by atoms with Crippen LogP contribution < -0.4 is 9.47 Å². The molecule has 0 radical (unpaired) electrons. The Morgan fingerprint density at radius 3 is 2.74 bits per heavy atom. The Kier molecular flexibility index (Phi) is 4.41. The largest absolute Gasteiger partial charge is 0.481 e. The standard InChI is InChI=1S/C17H21NO5/c1-18(9-11-5-6-14-15(7-11)23-10-22-14)16(19)12-3-2-4-13(8-12)17(20)21/h5-7,12-13H,2-4,8-10H2,1H3,(H,20,21). The maximum atomic E-state index is 12.6. The number of benzene rings is 1. The lowest BCUT2D eigenvalue weighted by atomic mass is 9.81. The average Bonchev–Trinajstić information content (AvgIpc) is 3.01. The summed E-state index contributed by atoms with van der Waals surface area (Å²) in [7, 11) is 1.76. The van der Waals surface area contributed by atoms with Crippen LogP contribution in [0.3, 0.4) is 0 Å². The van der Waals surface area contributed by atoms with Gasteiger partial charge in [0.1, 0.15) is 0 Å². The topological polar surface area (TPSA) is 76.1 Å². The van der Waals surface area contributed by atoms with Crippen molar-refractivity contribution in [3.05, 3.63) is 23.8 Å². The third-order valence-electron chi connectivity index (χ3n) is 4.61. The number of nitrogens with zero attached hydrogens (tertiary/aromatic N) is 1. The van der Waals surface area contributed by atoms with Gasteiger partial charge in [0, 0.05) is 19.5 Å². The number of amides is 1. The van der Waals surface area contributed by atoms with E-state index in [0.717, 1.165) is 24.2 Å². The van der Waals surface area contributed by atoms with Crippen LogP contribution in [-0.4, -0.2) is 35.7 Å². The van der Waals surface area contributed by atoms with Gasteiger partial charge < -0.3 is 19.5 Å². The minimum Gasteiger partial charge on any atom is -0.481 e. The summed E-state index contributed by atoms with van der Waals surface area (Å²) >= 11 is 0. The summed E-state index contributed by atoms with van der Waals surface area (Å²) in [5.41, 5.74) is 0.968. The van der Waals surface area contributed by atoms with Gasteiger partial charge in [-0.2, -0.15) is 0 Å². The molecular formula is C17H21NO5. The molecule has 124 valence electrons. The Hall–Kier alpha value is -2.24. The van der Waals surface area contributed by atoms with Crippen molar-refractivity contribution >= 4 is 11.9 Å². The molecule has 1 fully saturated rings. The first kappa shape index (κ1) is 15.6. The fourth-order valence-electron chi connectivity index (χ4n) is 3.34. The number of carbonyl (C=O) groups is 2. The highest BCUT2D eigenvalue weighted by Gasteiger charge is 2.32. The van der Waals surface area contributed by atoms with E-state index in [1.807, 2.05) is 18.2 Å². The molecule has 1 amide bonds. The van der Waals surface area contributed by atoms with Crippen LogP contribution in [0.2, 0.25) is 0 Å². The fraction of sp³-hybridized carbons (Fsp3) is 0.529. The van der Waals surface area contributed by atoms with Gasteiger partial charge in [0.25, 0.3) is 0 Å². The molecule has 1 aliphatic heterocycles. The highest BCUT2D eigenvalue weighted by molar-refractivity contribution is 5.80. The third kappa shape index (κ3) is 3.41. The van der Waals surface area contributed by atoms with Crippen LogP contribution in [-0.2, 0) is 16.1 Å². The zero-order valence-electron chi connectivity index (χ0n) is 13.2. The molecule has 0 spiro atoms. The number of aliphatic carboxylic acids is 1. The first-order chi connectivity index (χ1) is 11.0. The number of carbonyl (C=O) groups excluding carboxylic acids is 1. The molecule has 1 aliphatic carbocycles. The quantitative estimate of drug-likeness (QED) is 0.921. The second-order valence-electron chi connectivity index (χ2n) is 6.28. The van der Waals surface area contributed by atoms with Gasteiger partial charge in [-0.05, 0) is 37.0 Å². The van der Waals surface area contributed by atoms with E-state index in [0.29, 0.717) is 25.1 Å². The molecule has 2 aliphatic rings. The highest BCUT2D eigenvalue weighted by Crippen LogP contribution is 2.33. The third-order valence-corrected chi connectivity index (χ3v) is 4.61. The van der Waals surface area contributed by atoms with Gasteiger partial charge in [-0.1, -0.05) is 12.5 Å². The van der Waals surface area contributed by atoms with E-state index in [2.05, 4.69) is 0 Å². The Labute approximate surface area is 135 Å². The molecule has 3 rings (SSSR count). The lowest BCUT2D eigenvalue weighted by molar-refractivity contribution is -0.145. The predicted molar refractivity (Wildman–Crippen MR) is 82.1 cm³/mol. The minimum absolute atomic E-state index is 0.0219. The van der Waals surface area contributed by atoms with Crippen molar-refractivity contribution in [3.63, 3.8) is 0 Å². The second-order valence-corrected chi connectivity index (χ2v) is 6.28. The van der Waals surface area contributed by atoms with Crippen molar-refractivity contribution in [1.82, 2.24) is 4.90 Å². The lowest BCUT2D eigenvalue weighted by Crippen LogP contribution is -2.36. The van der Waals surface area contributed by atoms with Crippen LogP contribution >= 0.6 is 0 Å². The van der Waals surface area contributed by atoms with E-state index in [4.69, 9.17) is 14.6 Å². The predicted octanol–water partition coefficient (Wildman–Crippen LogP) is 2.26. The molecular weight excluding hydrogens is 298 g/mol. The normalized spacial score (nSPS) is 22.7. The molecule has 23 heavy (non-hydrogen) atoms. The van der Waals surface area contributed by atoms with Crippen molar-refractivity contribution in [2.45, 2.75) is 32.2 Å². The number of fused-ring (bicyclic) bond motifs is 1. The summed E-state index contributed by atoms with van der Waals surface area (Å²) in [4.78, 5) is 25.4. The first-order valence-corrected chi connectivity index (χ1v) is 7.91. The Bertz CT molecular complexity index is 615. The number of carboxylic acids is 1. The summed E-state index contributed by atoms with van der Waals surface area (Å²) in [6.07, 6.45) is 2.68. The molecule has 1 aromatic rings. The molecule has 1 heterocycles. The van der Waals surface area contributed by atoms with Crippen molar-refractivity contribution < 1.29 is 24.2 Å². The number of carboxylic acid groups (broad SMARTS) is 1. The molecule has 1 N–H and O–H groups in total. The van der Waals surface area contributed by atoms with Gasteiger partial charge >= 0.3 is 5.97 Å². The van der Waals surface area contributed by atoms with Crippen LogP contribution in [0.15, 0.2) is 18.2 Å². The van der Waals surface area contributed by atoms with Crippen molar-refractivity contribution in [3.8, 4) is 11.5 Å². The van der Waals surface area contributed by atoms with E-state index >= 15 is 0 Å². The van der Waals surface area contributed by atoms with Gasteiger partial charge in [-0.3, -0.25) is 9.59 Å². The van der Waals surface area contributed by atoms with E-state index in [9.17, 15) is 9.59 Å². The van der Waals surface area contributed by atoms with Gasteiger partial charge in [-0.25, -0.2) is 0 Å². The summed E-state index contributed by atoms with van der Waals surface area (Å²) in [6, 6.07) is 5.64. The van der Waals surface area contributed by atoms with E-state index < -0.39 is 11.9 Å². The number of ether oxygens (including phenoxy) is 2. The molecule has 0 bridgehead atoms. The smallest absolute Gasteiger partial charge is 0.306 e.